The van der Waals surface area contributed by atoms with Crippen LogP contribution in [-0.2, 0) is 6.54 Å². The van der Waals surface area contributed by atoms with Crippen LogP contribution in [0.5, 0.6) is 0 Å². The molecule has 0 radical (unpaired) electrons. The van der Waals surface area contributed by atoms with Crippen molar-refractivity contribution in [2.24, 2.45) is 0 Å². The molecule has 50 heavy (non-hydrogen) atoms. The third-order valence-electron chi connectivity index (χ3n) is 9.84. The quantitative estimate of drug-likeness (QED) is 0.180. The van der Waals surface area contributed by atoms with Gasteiger partial charge < -0.3 is 9.80 Å². The van der Waals surface area contributed by atoms with Crippen molar-refractivity contribution in [3.63, 3.8) is 0 Å². The highest BCUT2D eigenvalue weighted by atomic mass is 15.1. The SMILES string of the molecule is CN1C=Cc2cc(-c3ccc(N(c4ccc(-c5ccc6ccccc6c5)cc4)c4ccc(-c5ccc6cnccc6c5)cc4)cc3)ccc2C1. The molecule has 1 aliphatic rings. The minimum atomic E-state index is 0.941. The number of benzene rings is 7. The molecular weight excluding hydrogens is 607 g/mol. The van der Waals surface area contributed by atoms with E-state index in [0.29, 0.717) is 0 Å². The maximum atomic E-state index is 4.27. The Morgan fingerprint density at radius 1 is 0.480 bits per heavy atom. The van der Waals surface area contributed by atoms with Crippen LogP contribution >= 0.6 is 0 Å². The van der Waals surface area contributed by atoms with Crippen molar-refractivity contribution in [1.29, 1.82) is 0 Å². The molecule has 3 nitrogen and oxygen atoms in total. The fourth-order valence-electron chi connectivity index (χ4n) is 7.09. The van der Waals surface area contributed by atoms with E-state index in [1.807, 2.05) is 12.4 Å². The number of aromatic nitrogens is 1. The van der Waals surface area contributed by atoms with Crippen LogP contribution in [0.25, 0.3) is 61.0 Å². The number of rotatable bonds is 6. The van der Waals surface area contributed by atoms with E-state index in [4.69, 9.17) is 0 Å². The molecule has 0 bridgehead atoms. The first kappa shape index (κ1) is 29.7. The Labute approximate surface area is 293 Å². The molecule has 0 N–H and O–H groups in total. The predicted molar refractivity (Wildman–Crippen MR) is 211 cm³/mol. The molecule has 0 fully saturated rings. The van der Waals surface area contributed by atoms with Crippen LogP contribution in [0.4, 0.5) is 17.1 Å². The molecule has 9 rings (SSSR count). The average molecular weight is 642 g/mol. The van der Waals surface area contributed by atoms with E-state index >= 15 is 0 Å². The number of nitrogens with zero attached hydrogens (tertiary/aromatic N) is 3. The van der Waals surface area contributed by atoms with Gasteiger partial charge in [-0.3, -0.25) is 4.98 Å². The third kappa shape index (κ3) is 5.69. The fourth-order valence-corrected chi connectivity index (χ4v) is 7.09. The first-order chi connectivity index (χ1) is 24.6. The maximum absolute atomic E-state index is 4.27. The van der Waals surface area contributed by atoms with Crippen LogP contribution in [-0.4, -0.2) is 16.9 Å². The van der Waals surface area contributed by atoms with Crippen LogP contribution in [0.2, 0.25) is 0 Å². The van der Waals surface area contributed by atoms with E-state index in [1.165, 1.54) is 60.7 Å². The summed E-state index contributed by atoms with van der Waals surface area (Å²) in [5, 5.41) is 4.85. The number of hydrogen-bond donors (Lipinski definition) is 0. The van der Waals surface area contributed by atoms with E-state index in [0.717, 1.165) is 29.0 Å². The summed E-state index contributed by atoms with van der Waals surface area (Å²) in [6.45, 7) is 0.941. The van der Waals surface area contributed by atoms with Crippen molar-refractivity contribution in [3.8, 4) is 33.4 Å². The van der Waals surface area contributed by atoms with Crippen LogP contribution in [0, 0.1) is 0 Å². The van der Waals surface area contributed by atoms with E-state index < -0.39 is 0 Å². The average Bonchev–Trinajstić information content (AvgIpc) is 3.18. The summed E-state index contributed by atoms with van der Waals surface area (Å²) in [7, 11) is 2.11. The van der Waals surface area contributed by atoms with Gasteiger partial charge in [0.1, 0.15) is 0 Å². The molecule has 0 spiro atoms. The summed E-state index contributed by atoms with van der Waals surface area (Å²) in [4.78, 5) is 8.83. The van der Waals surface area contributed by atoms with Gasteiger partial charge >= 0.3 is 0 Å². The minimum Gasteiger partial charge on any atom is -0.376 e. The Morgan fingerprint density at radius 3 is 1.60 bits per heavy atom. The summed E-state index contributed by atoms with van der Waals surface area (Å²) in [5.74, 6) is 0. The predicted octanol–water partition coefficient (Wildman–Crippen LogP) is 12.3. The molecule has 8 aromatic rings. The molecule has 0 saturated carbocycles. The molecule has 0 atom stereocenters. The molecule has 2 heterocycles. The molecular formula is C47H35N3. The zero-order valence-electron chi connectivity index (χ0n) is 27.9. The Morgan fingerprint density at radius 2 is 0.980 bits per heavy atom. The second kappa shape index (κ2) is 12.5. The number of anilines is 3. The number of fused-ring (bicyclic) bond motifs is 3. The molecule has 1 aliphatic heterocycles. The highest BCUT2D eigenvalue weighted by molar-refractivity contribution is 5.89. The molecule has 3 heteroatoms. The van der Waals surface area contributed by atoms with E-state index in [2.05, 4.69) is 192 Å². The van der Waals surface area contributed by atoms with Gasteiger partial charge in [-0.05, 0) is 134 Å². The maximum Gasteiger partial charge on any atom is 0.0462 e. The molecule has 0 amide bonds. The van der Waals surface area contributed by atoms with Crippen molar-refractivity contribution in [1.82, 2.24) is 9.88 Å². The van der Waals surface area contributed by atoms with Crippen molar-refractivity contribution in [2.75, 3.05) is 11.9 Å². The summed E-state index contributed by atoms with van der Waals surface area (Å²) in [6, 6.07) is 57.4. The minimum absolute atomic E-state index is 0.941. The highest BCUT2D eigenvalue weighted by Crippen LogP contribution is 2.38. The molecule has 0 aliphatic carbocycles. The molecule has 238 valence electrons. The van der Waals surface area contributed by atoms with Gasteiger partial charge in [-0.1, -0.05) is 97.1 Å². The molecule has 1 aromatic heterocycles. The highest BCUT2D eigenvalue weighted by Gasteiger charge is 2.15. The summed E-state index contributed by atoms with van der Waals surface area (Å²) in [6.07, 6.45) is 8.13. The largest absolute Gasteiger partial charge is 0.376 e. The van der Waals surface area contributed by atoms with Gasteiger partial charge in [0.15, 0.2) is 0 Å². The molecule has 0 unspecified atom stereocenters. The number of hydrogen-bond acceptors (Lipinski definition) is 3. The zero-order chi connectivity index (χ0) is 33.4. The summed E-state index contributed by atoms with van der Waals surface area (Å²) >= 11 is 0. The molecule has 7 aromatic carbocycles. The van der Waals surface area contributed by atoms with Gasteiger partial charge in [0, 0.05) is 48.4 Å². The Hall–Kier alpha value is -6.45. The van der Waals surface area contributed by atoms with Crippen LogP contribution in [0.15, 0.2) is 176 Å². The second-order valence-corrected chi connectivity index (χ2v) is 13.1. The van der Waals surface area contributed by atoms with Gasteiger partial charge in [-0.2, -0.15) is 0 Å². The standard InChI is InChI=1S/C47H35N3/c1-49-27-25-42-30-40(9-11-44(42)32-49)36-16-22-47(23-17-36)50(45-18-12-34(13-19-45)38-7-6-33-4-2-3-5-37(33)28-38)46-20-14-35(15-21-46)39-8-10-43-31-48-26-24-41(43)29-39/h2-31H,32H2,1H3. The third-order valence-corrected chi connectivity index (χ3v) is 9.84. The summed E-state index contributed by atoms with van der Waals surface area (Å²) < 4.78 is 0. The first-order valence-electron chi connectivity index (χ1n) is 17.1. The zero-order valence-corrected chi connectivity index (χ0v) is 27.9. The van der Waals surface area contributed by atoms with Crippen molar-refractivity contribution >= 4 is 44.7 Å². The summed E-state index contributed by atoms with van der Waals surface area (Å²) in [5.41, 5.74) is 13.2. The van der Waals surface area contributed by atoms with E-state index in [9.17, 15) is 0 Å². The van der Waals surface area contributed by atoms with E-state index in [1.54, 1.807) is 0 Å². The van der Waals surface area contributed by atoms with Gasteiger partial charge in [0.05, 0.1) is 0 Å². The topological polar surface area (TPSA) is 19.4 Å². The lowest BCUT2D eigenvalue weighted by molar-refractivity contribution is 0.448. The normalized spacial score (nSPS) is 12.3. The number of pyridine rings is 1. The van der Waals surface area contributed by atoms with E-state index in [-0.39, 0.29) is 0 Å². The van der Waals surface area contributed by atoms with Crippen molar-refractivity contribution < 1.29 is 0 Å². The van der Waals surface area contributed by atoms with Gasteiger partial charge in [-0.15, -0.1) is 0 Å². The smallest absolute Gasteiger partial charge is 0.0462 e. The van der Waals surface area contributed by atoms with Gasteiger partial charge in [0.2, 0.25) is 0 Å². The lowest BCUT2D eigenvalue weighted by Crippen LogP contribution is -2.14. The van der Waals surface area contributed by atoms with Gasteiger partial charge in [0.25, 0.3) is 0 Å². The van der Waals surface area contributed by atoms with Crippen LogP contribution in [0.1, 0.15) is 11.1 Å². The second-order valence-electron chi connectivity index (χ2n) is 13.1. The van der Waals surface area contributed by atoms with Crippen LogP contribution in [0.3, 0.4) is 0 Å². The van der Waals surface area contributed by atoms with Crippen molar-refractivity contribution in [2.45, 2.75) is 6.54 Å². The van der Waals surface area contributed by atoms with Crippen LogP contribution < -0.4 is 4.90 Å². The Bertz CT molecular complexity index is 2390. The Kier molecular flexibility index (Phi) is 7.44. The Balaban J connectivity index is 1.07. The first-order valence-corrected chi connectivity index (χ1v) is 17.1. The van der Waals surface area contributed by atoms with Crippen molar-refractivity contribution in [3.05, 3.63) is 187 Å². The monoisotopic (exact) mass is 641 g/mol. The lowest BCUT2D eigenvalue weighted by Gasteiger charge is -2.26. The van der Waals surface area contributed by atoms with Gasteiger partial charge in [-0.25, -0.2) is 0 Å². The fraction of sp³-hybridized carbons (Fsp3) is 0.0426. The molecule has 0 saturated heterocycles. The lowest BCUT2D eigenvalue weighted by atomic mass is 9.97.